The van der Waals surface area contributed by atoms with Gasteiger partial charge in [-0.2, -0.15) is 0 Å². The van der Waals surface area contributed by atoms with E-state index in [0.717, 1.165) is 0 Å². The van der Waals surface area contributed by atoms with Gasteiger partial charge in [0, 0.05) is 6.92 Å². The number of hydrogen-bond acceptors (Lipinski definition) is 3. The Morgan fingerprint density at radius 3 is 2.80 bits per heavy atom. The zero-order valence-corrected chi connectivity index (χ0v) is 5.77. The molecule has 0 fully saturated rings. The van der Waals surface area contributed by atoms with Crippen LogP contribution in [0.2, 0.25) is 0 Å². The fraction of sp³-hybridized carbons (Fsp3) is 0.167. The van der Waals surface area contributed by atoms with Gasteiger partial charge in [-0.1, -0.05) is 0 Å². The molecule has 0 aromatic carbocycles. The molecule has 0 amide bonds. The molecule has 0 aliphatic carbocycles. The minimum atomic E-state index is -0.266. The van der Waals surface area contributed by atoms with Gasteiger partial charge in [-0.05, 0) is 17.5 Å². The summed E-state index contributed by atoms with van der Waals surface area (Å²) in [5, 5.41) is 2.51. The summed E-state index contributed by atoms with van der Waals surface area (Å²) in [6, 6.07) is 3.59. The molecule has 0 unspecified atom stereocenters. The number of carbonyl (C=O) groups is 1. The van der Waals surface area contributed by atoms with Gasteiger partial charge in [0.25, 0.3) is 0 Å². The summed E-state index contributed by atoms with van der Waals surface area (Å²) >= 11 is 1.41. The van der Waals surface area contributed by atoms with E-state index < -0.39 is 0 Å². The molecule has 2 nitrogen and oxygen atoms in total. The van der Waals surface area contributed by atoms with Crippen molar-refractivity contribution < 1.29 is 9.53 Å². The topological polar surface area (TPSA) is 26.3 Å². The third kappa shape index (κ3) is 3.56. The second kappa shape index (κ2) is 5.13. The molecule has 0 bridgehead atoms. The molecule has 0 aliphatic heterocycles. The zero-order valence-electron chi connectivity index (χ0n) is 4.96. The molecule has 1 aromatic rings. The van der Waals surface area contributed by atoms with Gasteiger partial charge >= 0.3 is 43.7 Å². The normalized spacial score (nSPS) is 8.10. The van der Waals surface area contributed by atoms with Crippen LogP contribution in [-0.2, 0) is 4.79 Å². The van der Waals surface area contributed by atoms with Gasteiger partial charge in [-0.25, -0.2) is 0 Å². The van der Waals surface area contributed by atoms with Gasteiger partial charge in [0.15, 0.2) is 5.06 Å². The van der Waals surface area contributed by atoms with Crippen molar-refractivity contribution in [3.63, 3.8) is 0 Å². The van der Waals surface area contributed by atoms with Gasteiger partial charge in [-0.15, -0.1) is 11.3 Å². The first-order valence-corrected chi connectivity index (χ1v) is 3.39. The van der Waals surface area contributed by atoms with Crippen molar-refractivity contribution in [3.8, 4) is 5.06 Å². The van der Waals surface area contributed by atoms with Crippen molar-refractivity contribution in [2.24, 2.45) is 0 Å². The van der Waals surface area contributed by atoms with Gasteiger partial charge in [0.2, 0.25) is 0 Å². The van der Waals surface area contributed by atoms with Crippen LogP contribution in [0.4, 0.5) is 0 Å². The van der Waals surface area contributed by atoms with Crippen LogP contribution in [0.5, 0.6) is 5.06 Å². The third-order valence-corrected chi connectivity index (χ3v) is 1.48. The Morgan fingerprint density at radius 2 is 2.40 bits per heavy atom. The molecule has 0 spiro atoms. The van der Waals surface area contributed by atoms with E-state index in [1.54, 1.807) is 6.07 Å². The summed E-state index contributed by atoms with van der Waals surface area (Å²) in [6.45, 7) is 1.39. The first-order chi connectivity index (χ1) is 4.29. The predicted octanol–water partition coefficient (Wildman–Crippen LogP) is 0.757. The Labute approximate surface area is 93.2 Å². The maximum atomic E-state index is 10.3. The van der Waals surface area contributed by atoms with Crippen LogP contribution in [-0.4, -0.2) is 43.7 Å². The molecular formula is C6H8CaO2S. The number of rotatable bonds is 1. The van der Waals surface area contributed by atoms with Crippen molar-refractivity contribution in [2.45, 2.75) is 6.92 Å². The summed E-state index contributed by atoms with van der Waals surface area (Å²) in [4.78, 5) is 10.3. The molecule has 0 radical (unpaired) electrons. The van der Waals surface area contributed by atoms with Crippen molar-refractivity contribution in [2.75, 3.05) is 0 Å². The van der Waals surface area contributed by atoms with Gasteiger partial charge in [-0.3, -0.25) is 4.79 Å². The summed E-state index contributed by atoms with van der Waals surface area (Å²) in [7, 11) is 0. The molecule has 10 heavy (non-hydrogen) atoms. The van der Waals surface area contributed by atoms with Crippen LogP contribution >= 0.6 is 11.3 Å². The molecule has 0 saturated heterocycles. The number of hydrogen-bond donors (Lipinski definition) is 0. The number of carbonyl (C=O) groups excluding carboxylic acids is 1. The average molecular weight is 184 g/mol. The standard InChI is InChI=1S/C6H6O2S.Ca.2H/c1-5(7)8-6-3-2-4-9-6;;;/h2-4H,1H3;;;. The zero-order chi connectivity index (χ0) is 6.69. The Hall–Kier alpha value is 0.430. The van der Waals surface area contributed by atoms with E-state index in [-0.39, 0.29) is 43.7 Å². The molecule has 0 saturated carbocycles. The van der Waals surface area contributed by atoms with E-state index >= 15 is 0 Å². The van der Waals surface area contributed by atoms with E-state index in [2.05, 4.69) is 0 Å². The van der Waals surface area contributed by atoms with Crippen LogP contribution in [0.1, 0.15) is 6.92 Å². The van der Waals surface area contributed by atoms with Crippen LogP contribution in [0, 0.1) is 0 Å². The van der Waals surface area contributed by atoms with Crippen LogP contribution in [0.3, 0.4) is 0 Å². The number of ether oxygens (including phenoxy) is 1. The van der Waals surface area contributed by atoms with Gasteiger partial charge < -0.3 is 4.74 Å². The summed E-state index contributed by atoms with van der Waals surface area (Å²) in [5.41, 5.74) is 0. The summed E-state index contributed by atoms with van der Waals surface area (Å²) in [5.74, 6) is -0.266. The fourth-order valence-corrected chi connectivity index (χ4v) is 1.08. The first kappa shape index (κ1) is 10.4. The average Bonchev–Trinajstić information content (AvgIpc) is 2.15. The predicted molar refractivity (Wildman–Crippen MR) is 44.2 cm³/mol. The van der Waals surface area contributed by atoms with Gasteiger partial charge in [0.05, 0.1) is 0 Å². The SMILES string of the molecule is CC(=O)Oc1cccs1.[CaH2]. The van der Waals surface area contributed by atoms with Gasteiger partial charge in [0.1, 0.15) is 0 Å². The first-order valence-electron chi connectivity index (χ1n) is 2.51. The molecule has 1 rings (SSSR count). The Kier molecular flexibility index (Phi) is 5.35. The quantitative estimate of drug-likeness (QED) is 0.476. The van der Waals surface area contributed by atoms with Crippen molar-refractivity contribution in [1.82, 2.24) is 0 Å². The second-order valence-corrected chi connectivity index (χ2v) is 2.44. The minimum absolute atomic E-state index is 0. The van der Waals surface area contributed by atoms with E-state index in [4.69, 9.17) is 4.74 Å². The maximum absolute atomic E-state index is 10.3. The van der Waals surface area contributed by atoms with E-state index in [1.807, 2.05) is 11.4 Å². The van der Waals surface area contributed by atoms with E-state index in [0.29, 0.717) is 5.06 Å². The number of esters is 1. The molecule has 0 N–H and O–H groups in total. The van der Waals surface area contributed by atoms with Crippen LogP contribution in [0.15, 0.2) is 17.5 Å². The fourth-order valence-electron chi connectivity index (χ4n) is 0.463. The van der Waals surface area contributed by atoms with E-state index in [9.17, 15) is 4.79 Å². The molecular weight excluding hydrogens is 176 g/mol. The Bertz CT molecular complexity index is 196. The molecule has 1 aromatic heterocycles. The van der Waals surface area contributed by atoms with Crippen molar-refractivity contribution in [1.29, 1.82) is 0 Å². The van der Waals surface area contributed by atoms with Crippen LogP contribution in [0.25, 0.3) is 0 Å². The summed E-state index contributed by atoms with van der Waals surface area (Å²) in [6.07, 6.45) is 0. The van der Waals surface area contributed by atoms with E-state index in [1.165, 1.54) is 18.3 Å². The monoisotopic (exact) mass is 184 g/mol. The molecule has 0 aliphatic rings. The van der Waals surface area contributed by atoms with Crippen molar-refractivity contribution in [3.05, 3.63) is 17.5 Å². The Morgan fingerprint density at radius 1 is 1.70 bits per heavy atom. The molecule has 0 atom stereocenters. The molecule has 4 heteroatoms. The second-order valence-electron chi connectivity index (χ2n) is 1.53. The summed E-state index contributed by atoms with van der Waals surface area (Å²) < 4.78 is 4.73. The molecule has 1 heterocycles. The number of thiophene rings is 1. The molecule has 52 valence electrons. The van der Waals surface area contributed by atoms with Crippen LogP contribution < -0.4 is 4.74 Å². The third-order valence-electron chi connectivity index (χ3n) is 0.739. The van der Waals surface area contributed by atoms with Crippen molar-refractivity contribution >= 4 is 55.0 Å². The Balaban J connectivity index is 0.000000810.